The molecule has 144 valence electrons. The van der Waals surface area contributed by atoms with Crippen molar-refractivity contribution in [2.45, 2.75) is 26.7 Å². The zero-order valence-corrected chi connectivity index (χ0v) is 16.6. The monoisotopic (exact) mass is 381 g/mol. The fourth-order valence-electron chi connectivity index (χ4n) is 3.62. The van der Waals surface area contributed by atoms with E-state index in [1.807, 2.05) is 62.6 Å². The molecular formula is C25H23N3O. The van der Waals surface area contributed by atoms with E-state index in [0.29, 0.717) is 11.4 Å². The Bertz CT molecular complexity index is 1160. The van der Waals surface area contributed by atoms with E-state index in [2.05, 4.69) is 39.6 Å². The Morgan fingerprint density at radius 2 is 1.79 bits per heavy atom. The summed E-state index contributed by atoms with van der Waals surface area (Å²) in [4.78, 5) is 21.4. The second kappa shape index (κ2) is 8.23. The van der Waals surface area contributed by atoms with Crippen LogP contribution in [-0.4, -0.2) is 15.9 Å². The first-order chi connectivity index (χ1) is 14.1. The number of hydrogen-bond acceptors (Lipinski definition) is 3. The van der Waals surface area contributed by atoms with Crippen molar-refractivity contribution < 1.29 is 4.79 Å². The second-order valence-corrected chi connectivity index (χ2v) is 7.35. The summed E-state index contributed by atoms with van der Waals surface area (Å²) in [7, 11) is 0. The van der Waals surface area contributed by atoms with Crippen molar-refractivity contribution in [1.29, 1.82) is 0 Å². The lowest BCUT2D eigenvalue weighted by Gasteiger charge is -2.09. The summed E-state index contributed by atoms with van der Waals surface area (Å²) in [6, 6.07) is 19.9. The Kier molecular flexibility index (Phi) is 5.34. The Hall–Kier alpha value is -3.53. The molecule has 4 nitrogen and oxygen atoms in total. The molecule has 2 heterocycles. The Labute approximate surface area is 170 Å². The number of nitrogens with one attached hydrogen (secondary N) is 1. The van der Waals surface area contributed by atoms with Crippen LogP contribution in [-0.2, 0) is 12.8 Å². The number of carbonyl (C=O) groups is 1. The number of fused-ring (bicyclic) bond motifs is 1. The van der Waals surface area contributed by atoms with Crippen molar-refractivity contribution in [2.24, 2.45) is 0 Å². The van der Waals surface area contributed by atoms with Crippen molar-refractivity contribution in [3.63, 3.8) is 0 Å². The van der Waals surface area contributed by atoms with Crippen LogP contribution in [0.15, 0.2) is 73.1 Å². The minimum Gasteiger partial charge on any atom is -0.307 e. The number of aryl methyl sites for hydroxylation is 4. The fourth-order valence-corrected chi connectivity index (χ4v) is 3.62. The predicted octanol–water partition coefficient (Wildman–Crippen LogP) is 5.28. The van der Waals surface area contributed by atoms with Gasteiger partial charge in [-0.3, -0.25) is 9.78 Å². The van der Waals surface area contributed by atoms with Crippen molar-refractivity contribution >= 4 is 22.5 Å². The molecule has 0 bridgehead atoms. The van der Waals surface area contributed by atoms with Crippen LogP contribution < -0.4 is 5.32 Å². The van der Waals surface area contributed by atoms with Gasteiger partial charge in [-0.2, -0.15) is 0 Å². The SMILES string of the molecule is Cc1cc(C)nc(NC(=O)c2cccc(CCc3cncc4ccccc34)c2)c1. The van der Waals surface area contributed by atoms with Gasteiger partial charge < -0.3 is 5.32 Å². The van der Waals surface area contributed by atoms with Crippen LogP contribution >= 0.6 is 0 Å². The summed E-state index contributed by atoms with van der Waals surface area (Å²) in [6.07, 6.45) is 5.55. The quantitative estimate of drug-likeness (QED) is 0.511. The van der Waals surface area contributed by atoms with E-state index in [-0.39, 0.29) is 5.91 Å². The standard InChI is InChI=1S/C25H23N3O/c1-17-12-18(2)27-24(13-17)28-25(29)20-8-5-6-19(14-20)10-11-22-16-26-15-21-7-3-4-9-23(21)22/h3-9,12-16H,10-11H2,1-2H3,(H,27,28,29). The molecule has 0 spiro atoms. The molecule has 4 aromatic rings. The molecule has 0 saturated carbocycles. The highest BCUT2D eigenvalue weighted by molar-refractivity contribution is 6.03. The highest BCUT2D eigenvalue weighted by Gasteiger charge is 2.09. The van der Waals surface area contributed by atoms with Crippen molar-refractivity contribution in [3.8, 4) is 0 Å². The van der Waals surface area contributed by atoms with E-state index in [0.717, 1.165) is 35.0 Å². The van der Waals surface area contributed by atoms with Crippen molar-refractivity contribution in [2.75, 3.05) is 5.32 Å². The first kappa shape index (κ1) is 18.8. The first-order valence-corrected chi connectivity index (χ1v) is 9.76. The van der Waals surface area contributed by atoms with Crippen molar-refractivity contribution in [1.82, 2.24) is 9.97 Å². The molecule has 1 amide bonds. The molecule has 4 rings (SSSR count). The third kappa shape index (κ3) is 4.49. The maximum absolute atomic E-state index is 12.7. The topological polar surface area (TPSA) is 54.9 Å². The van der Waals surface area contributed by atoms with Crippen LogP contribution in [0.5, 0.6) is 0 Å². The van der Waals surface area contributed by atoms with Gasteiger partial charge in [0, 0.05) is 29.0 Å². The van der Waals surface area contributed by atoms with Crippen LogP contribution in [0, 0.1) is 13.8 Å². The molecular weight excluding hydrogens is 358 g/mol. The van der Waals surface area contributed by atoms with Gasteiger partial charge in [-0.25, -0.2) is 4.98 Å². The van der Waals surface area contributed by atoms with E-state index in [1.165, 1.54) is 10.9 Å². The highest BCUT2D eigenvalue weighted by atomic mass is 16.1. The average molecular weight is 381 g/mol. The van der Waals surface area contributed by atoms with Gasteiger partial charge >= 0.3 is 0 Å². The van der Waals surface area contributed by atoms with E-state index in [1.54, 1.807) is 0 Å². The summed E-state index contributed by atoms with van der Waals surface area (Å²) in [5.41, 5.74) is 4.94. The Balaban J connectivity index is 1.49. The molecule has 0 atom stereocenters. The third-order valence-corrected chi connectivity index (χ3v) is 4.96. The fraction of sp³-hybridized carbons (Fsp3) is 0.160. The van der Waals surface area contributed by atoms with Crippen LogP contribution in [0.4, 0.5) is 5.82 Å². The lowest BCUT2D eigenvalue weighted by atomic mass is 10.00. The van der Waals surface area contributed by atoms with Gasteiger partial charge in [0.2, 0.25) is 0 Å². The number of rotatable bonds is 5. The molecule has 1 N–H and O–H groups in total. The largest absolute Gasteiger partial charge is 0.307 e. The molecule has 0 saturated heterocycles. The molecule has 4 heteroatoms. The molecule has 29 heavy (non-hydrogen) atoms. The van der Waals surface area contributed by atoms with Gasteiger partial charge in [-0.15, -0.1) is 0 Å². The van der Waals surface area contributed by atoms with Crippen LogP contribution in [0.3, 0.4) is 0 Å². The summed E-state index contributed by atoms with van der Waals surface area (Å²) >= 11 is 0. The molecule has 0 aliphatic carbocycles. The van der Waals surface area contributed by atoms with E-state index < -0.39 is 0 Å². The highest BCUT2D eigenvalue weighted by Crippen LogP contribution is 2.19. The minimum absolute atomic E-state index is 0.142. The molecule has 0 aliphatic rings. The Morgan fingerprint density at radius 3 is 2.66 bits per heavy atom. The van der Waals surface area contributed by atoms with E-state index in [4.69, 9.17) is 0 Å². The van der Waals surface area contributed by atoms with Gasteiger partial charge in [0.15, 0.2) is 0 Å². The summed E-state index contributed by atoms with van der Waals surface area (Å²) in [5, 5.41) is 5.29. The number of hydrogen-bond donors (Lipinski definition) is 1. The average Bonchev–Trinajstić information content (AvgIpc) is 2.71. The molecule has 0 fully saturated rings. The predicted molar refractivity (Wildman–Crippen MR) is 117 cm³/mol. The third-order valence-electron chi connectivity index (χ3n) is 4.96. The minimum atomic E-state index is -0.142. The number of amides is 1. The number of anilines is 1. The molecule has 2 aromatic carbocycles. The zero-order valence-electron chi connectivity index (χ0n) is 16.6. The second-order valence-electron chi connectivity index (χ2n) is 7.35. The van der Waals surface area contributed by atoms with Crippen LogP contribution in [0.2, 0.25) is 0 Å². The van der Waals surface area contributed by atoms with Gasteiger partial charge in [0.1, 0.15) is 5.82 Å². The number of aromatic nitrogens is 2. The maximum Gasteiger partial charge on any atom is 0.256 e. The number of carbonyl (C=O) groups excluding carboxylic acids is 1. The Morgan fingerprint density at radius 1 is 0.931 bits per heavy atom. The van der Waals surface area contributed by atoms with Gasteiger partial charge in [-0.1, -0.05) is 36.4 Å². The van der Waals surface area contributed by atoms with Gasteiger partial charge in [-0.05, 0) is 73.0 Å². The first-order valence-electron chi connectivity index (χ1n) is 9.76. The molecule has 0 unspecified atom stereocenters. The van der Waals surface area contributed by atoms with Crippen LogP contribution in [0.25, 0.3) is 10.8 Å². The summed E-state index contributed by atoms with van der Waals surface area (Å²) < 4.78 is 0. The molecule has 0 aliphatic heterocycles. The summed E-state index contributed by atoms with van der Waals surface area (Å²) in [5.74, 6) is 0.441. The van der Waals surface area contributed by atoms with Gasteiger partial charge in [0.05, 0.1) is 0 Å². The van der Waals surface area contributed by atoms with E-state index >= 15 is 0 Å². The number of pyridine rings is 2. The lowest BCUT2D eigenvalue weighted by molar-refractivity contribution is 0.102. The maximum atomic E-state index is 12.7. The number of nitrogens with zero attached hydrogens (tertiary/aromatic N) is 2. The van der Waals surface area contributed by atoms with Crippen molar-refractivity contribution in [3.05, 3.63) is 101 Å². The van der Waals surface area contributed by atoms with E-state index in [9.17, 15) is 4.79 Å². The lowest BCUT2D eigenvalue weighted by Crippen LogP contribution is -2.13. The number of benzene rings is 2. The smallest absolute Gasteiger partial charge is 0.256 e. The zero-order chi connectivity index (χ0) is 20.2. The normalized spacial score (nSPS) is 10.8. The van der Waals surface area contributed by atoms with Crippen LogP contribution in [0.1, 0.15) is 32.7 Å². The molecule has 2 aromatic heterocycles. The van der Waals surface area contributed by atoms with Gasteiger partial charge in [0.25, 0.3) is 5.91 Å². The molecule has 0 radical (unpaired) electrons. The summed E-state index contributed by atoms with van der Waals surface area (Å²) in [6.45, 7) is 3.92.